The molecule has 0 bridgehead atoms. The van der Waals surface area contributed by atoms with Crippen LogP contribution in [0.2, 0.25) is 0 Å². The van der Waals surface area contributed by atoms with Crippen LogP contribution in [0.5, 0.6) is 0 Å². The summed E-state index contributed by atoms with van der Waals surface area (Å²) in [4.78, 5) is 69.3. The van der Waals surface area contributed by atoms with Crippen molar-refractivity contribution in [2.24, 2.45) is 22.2 Å². The molecule has 1 aromatic carbocycles. The summed E-state index contributed by atoms with van der Waals surface area (Å²) in [6.45, 7) is 5.40. The Morgan fingerprint density at radius 1 is 0.913 bits per heavy atom. The minimum Gasteiger partial charge on any atom is -0.481 e. The number of carboxylic acid groups (broad SMARTS) is 1. The number of unbranched alkanes of at least 4 members (excludes halogenated alkanes) is 1. The van der Waals surface area contributed by atoms with E-state index in [1.165, 1.54) is 18.4 Å². The number of hydrogen-bond donors (Lipinski definition) is 10. The van der Waals surface area contributed by atoms with E-state index in [2.05, 4.69) is 70.2 Å². The topological polar surface area (TPSA) is 273 Å². The number of rotatable bonds is 16. The van der Waals surface area contributed by atoms with Gasteiger partial charge in [0, 0.05) is 13.5 Å². The summed E-state index contributed by atoms with van der Waals surface area (Å²) in [5, 5.41) is 19.5. The number of aliphatic imine (C=N–C) groups is 1. The summed E-state index contributed by atoms with van der Waals surface area (Å²) in [7, 11) is 1.61. The maximum atomic E-state index is 12.0. The Bertz CT molecular complexity index is 975. The van der Waals surface area contributed by atoms with Crippen LogP contribution in [0.15, 0.2) is 35.3 Å². The maximum Gasteiger partial charge on any atom is 0.300 e. The smallest absolute Gasteiger partial charge is 0.300 e. The highest BCUT2D eigenvalue weighted by Gasteiger charge is 2.16. The number of nitrogens with zero attached hydrogens (tertiary/aromatic N) is 1. The van der Waals surface area contributed by atoms with E-state index >= 15 is 0 Å². The monoisotopic (exact) mass is 673 g/mol. The number of guanidine groups is 1. The van der Waals surface area contributed by atoms with Crippen molar-refractivity contribution >= 4 is 54.5 Å². The van der Waals surface area contributed by atoms with Crippen LogP contribution in [0.1, 0.15) is 45.1 Å². The van der Waals surface area contributed by atoms with Gasteiger partial charge in [-0.25, -0.2) is 0 Å². The summed E-state index contributed by atoms with van der Waals surface area (Å²) in [5.74, 6) is -2.92. The van der Waals surface area contributed by atoms with E-state index in [1.54, 1.807) is 13.3 Å². The molecule has 0 saturated carbocycles. The molecule has 16 nitrogen and oxygen atoms in total. The molecule has 0 spiro atoms. The number of amides is 4. The van der Waals surface area contributed by atoms with E-state index < -0.39 is 29.7 Å². The van der Waals surface area contributed by atoms with Crippen LogP contribution in [0, 0.1) is 6.92 Å². The van der Waals surface area contributed by atoms with Gasteiger partial charge in [-0.3, -0.25) is 29.0 Å². The predicted molar refractivity (Wildman–Crippen MR) is 184 cm³/mol. The summed E-state index contributed by atoms with van der Waals surface area (Å²) >= 11 is 3.53. The van der Waals surface area contributed by atoms with Crippen molar-refractivity contribution in [2.45, 2.75) is 52.5 Å². The summed E-state index contributed by atoms with van der Waals surface area (Å²) in [6.07, 6.45) is 5.63. The fraction of sp³-hybridized carbons (Fsp3) is 0.552. The van der Waals surface area contributed by atoms with Gasteiger partial charge < -0.3 is 53.7 Å². The highest BCUT2D eigenvalue weighted by molar-refractivity contribution is 7.79. The van der Waals surface area contributed by atoms with Crippen molar-refractivity contribution < 1.29 is 33.9 Å². The van der Waals surface area contributed by atoms with Gasteiger partial charge in [0.2, 0.25) is 23.6 Å². The van der Waals surface area contributed by atoms with Gasteiger partial charge in [-0.1, -0.05) is 49.2 Å². The fourth-order valence-electron chi connectivity index (χ4n) is 2.64. The molecule has 0 saturated heterocycles. The molecule has 0 aromatic heterocycles. The molecule has 0 radical (unpaired) electrons. The third kappa shape index (κ3) is 41.9. The second-order valence-corrected chi connectivity index (χ2v) is 8.85. The van der Waals surface area contributed by atoms with Crippen molar-refractivity contribution in [1.82, 2.24) is 26.6 Å². The average Bonchev–Trinajstić information content (AvgIpc) is 3.02. The lowest BCUT2D eigenvalue weighted by Gasteiger charge is -2.15. The number of carboxylic acids is 1. The SMILES string of the molecule is CC(=O)O.CCCCN.CNC(CCCN=C(N)N)C(=O)NCC(=O)NCC(=O)NCC(=O)NCC=O.CS.Cc1ccccc1. The molecule has 1 unspecified atom stereocenters. The van der Waals surface area contributed by atoms with Crippen LogP contribution >= 0.6 is 12.6 Å². The number of carbonyl (C=O) groups is 6. The molecule has 0 fully saturated rings. The number of benzene rings is 1. The minimum atomic E-state index is -0.833. The Hall–Kier alpha value is -4.22. The lowest BCUT2D eigenvalue weighted by molar-refractivity contribution is -0.134. The normalized spacial score (nSPS) is 9.54. The molecule has 0 aliphatic heterocycles. The number of aliphatic carboxylic acids is 1. The molecule has 0 heterocycles. The first-order valence-electron chi connectivity index (χ1n) is 14.4. The fourth-order valence-corrected chi connectivity index (χ4v) is 2.64. The Labute approximate surface area is 277 Å². The maximum absolute atomic E-state index is 12.0. The van der Waals surface area contributed by atoms with E-state index in [4.69, 9.17) is 27.1 Å². The first-order valence-corrected chi connectivity index (χ1v) is 15.3. The summed E-state index contributed by atoms with van der Waals surface area (Å²) in [5.41, 5.74) is 16.9. The molecular weight excluding hydrogens is 618 g/mol. The van der Waals surface area contributed by atoms with Crippen LogP contribution in [0.3, 0.4) is 0 Å². The Morgan fingerprint density at radius 2 is 1.39 bits per heavy atom. The molecule has 1 atom stereocenters. The third-order valence-electron chi connectivity index (χ3n) is 4.81. The van der Waals surface area contributed by atoms with Crippen molar-refractivity contribution in [1.29, 1.82) is 0 Å². The number of likely N-dealkylation sites (N-methyl/N-ethyl adjacent to an activating group) is 1. The molecule has 17 heteroatoms. The number of nitrogens with one attached hydrogen (secondary N) is 5. The quantitative estimate of drug-likeness (QED) is 0.0323. The van der Waals surface area contributed by atoms with Crippen LogP contribution < -0.4 is 43.8 Å². The second-order valence-electron chi connectivity index (χ2n) is 8.85. The van der Waals surface area contributed by atoms with Crippen molar-refractivity contribution in [3.63, 3.8) is 0 Å². The van der Waals surface area contributed by atoms with Gasteiger partial charge >= 0.3 is 0 Å². The average molecular weight is 674 g/mol. The molecule has 0 aliphatic carbocycles. The van der Waals surface area contributed by atoms with Gasteiger partial charge in [0.15, 0.2) is 5.96 Å². The van der Waals surface area contributed by atoms with Crippen LogP contribution in [-0.4, -0.2) is 106 Å². The largest absolute Gasteiger partial charge is 0.481 e. The van der Waals surface area contributed by atoms with Gasteiger partial charge in [0.1, 0.15) is 6.29 Å². The summed E-state index contributed by atoms with van der Waals surface area (Å²) < 4.78 is 0. The highest BCUT2D eigenvalue weighted by Crippen LogP contribution is 1.97. The molecule has 46 heavy (non-hydrogen) atoms. The number of carbonyl (C=O) groups excluding carboxylic acids is 5. The number of aldehydes is 1. The molecular formula is C29H55N9O7S. The predicted octanol–water partition coefficient (Wildman–Crippen LogP) is -1.33. The van der Waals surface area contributed by atoms with E-state index in [0.717, 1.165) is 13.5 Å². The Morgan fingerprint density at radius 3 is 1.74 bits per heavy atom. The zero-order valence-corrected chi connectivity index (χ0v) is 28.5. The molecule has 1 rings (SSSR count). The van der Waals surface area contributed by atoms with E-state index in [-0.39, 0.29) is 38.0 Å². The first-order chi connectivity index (χ1) is 21.8. The van der Waals surface area contributed by atoms with Crippen molar-refractivity contribution in [2.75, 3.05) is 52.6 Å². The van der Waals surface area contributed by atoms with Crippen LogP contribution in [0.25, 0.3) is 0 Å². The van der Waals surface area contributed by atoms with Gasteiger partial charge in [-0.2, -0.15) is 12.6 Å². The van der Waals surface area contributed by atoms with E-state index in [0.29, 0.717) is 25.7 Å². The van der Waals surface area contributed by atoms with Gasteiger partial charge in [0.05, 0.1) is 32.2 Å². The second kappa shape index (κ2) is 37.0. The number of thiol groups is 1. The zero-order chi connectivity index (χ0) is 36.2. The van der Waals surface area contributed by atoms with Gasteiger partial charge in [-0.05, 0) is 46.0 Å². The molecule has 12 N–H and O–H groups in total. The van der Waals surface area contributed by atoms with Gasteiger partial charge in [-0.15, -0.1) is 0 Å². The first kappa shape index (κ1) is 48.7. The molecule has 4 amide bonds. The third-order valence-corrected chi connectivity index (χ3v) is 4.81. The Kier molecular flexibility index (Phi) is 39.1. The van der Waals surface area contributed by atoms with Crippen molar-refractivity contribution in [3.8, 4) is 0 Å². The highest BCUT2D eigenvalue weighted by atomic mass is 32.1. The lowest BCUT2D eigenvalue weighted by Crippen LogP contribution is -2.48. The number of hydrogen-bond acceptors (Lipinski definition) is 10. The number of nitrogens with two attached hydrogens (primary N) is 3. The van der Waals surface area contributed by atoms with E-state index in [9.17, 15) is 24.0 Å². The van der Waals surface area contributed by atoms with E-state index in [1.807, 2.05) is 18.2 Å². The molecule has 1 aromatic rings. The van der Waals surface area contributed by atoms with Crippen molar-refractivity contribution in [3.05, 3.63) is 35.9 Å². The standard InChI is InChI=1S/C15H28N8O5.C7H8.C4H11N.C2H4O2.CH4S/c1-18-10(3-2-4-20-15(16)17)14(28)23-9-13(27)22-8-12(26)21-7-11(25)19-5-6-24;1-7-5-3-2-4-6-7;1-2-3-4-5;1-2(3)4;1-2/h6,10,18H,2-5,7-9H2,1H3,(H,19,25)(H,21,26)(H,22,27)(H,23,28)(H4,16,17,20);2-6H,1H3;2-5H2,1H3;1H3,(H,3,4);2H,1H3. The Balaban J connectivity index is -0.000000393. The minimum absolute atomic E-state index is 0.0206. The van der Waals surface area contributed by atoms with Crippen LogP contribution in [-0.2, 0) is 28.8 Å². The number of aryl methyl sites for hydroxylation is 1. The lowest BCUT2D eigenvalue weighted by atomic mass is 10.1. The van der Waals surface area contributed by atoms with Crippen LogP contribution in [0.4, 0.5) is 0 Å². The summed E-state index contributed by atoms with van der Waals surface area (Å²) in [6, 6.07) is 9.74. The van der Waals surface area contributed by atoms with Gasteiger partial charge in [0.25, 0.3) is 5.97 Å². The molecule has 264 valence electrons. The zero-order valence-electron chi connectivity index (χ0n) is 27.6. The molecule has 0 aliphatic rings.